The number of halogens is 2. The molecule has 0 aliphatic carbocycles. The molecule has 1 aliphatic heterocycles. The van der Waals surface area contributed by atoms with Crippen LogP contribution in [-0.2, 0) is 11.3 Å². The quantitative estimate of drug-likeness (QED) is 0.327. The van der Waals surface area contributed by atoms with Crippen LogP contribution in [0.5, 0.6) is 0 Å². The summed E-state index contributed by atoms with van der Waals surface area (Å²) in [4.78, 5) is 15.1. The average Bonchev–Trinajstić information content (AvgIpc) is 2.83. The first-order valence-electron chi connectivity index (χ1n) is 11.1. The van der Waals surface area contributed by atoms with Crippen molar-refractivity contribution in [3.05, 3.63) is 95.6 Å². The van der Waals surface area contributed by atoms with Crippen molar-refractivity contribution in [3.8, 4) is 11.1 Å². The van der Waals surface area contributed by atoms with Gasteiger partial charge in [0.25, 0.3) is 0 Å². The van der Waals surface area contributed by atoms with Gasteiger partial charge in [0.2, 0.25) is 0 Å². The van der Waals surface area contributed by atoms with Crippen molar-refractivity contribution in [2.75, 3.05) is 19.7 Å². The van der Waals surface area contributed by atoms with E-state index in [0.29, 0.717) is 25.3 Å². The largest absolute Gasteiger partial charge is 0.375 e. The molecule has 0 aromatic heterocycles. The summed E-state index contributed by atoms with van der Waals surface area (Å²) in [6.07, 6.45) is 2.91. The Labute approximate surface area is 187 Å². The van der Waals surface area contributed by atoms with E-state index < -0.39 is 0 Å². The van der Waals surface area contributed by atoms with E-state index in [-0.39, 0.29) is 23.5 Å². The van der Waals surface area contributed by atoms with Gasteiger partial charge in [-0.1, -0.05) is 42.8 Å². The molecule has 0 saturated carbocycles. The topological polar surface area (TPSA) is 29.5 Å². The molecule has 5 heteroatoms. The molecule has 1 heterocycles. The number of Topliss-reactive ketones (excluding diaryl/α,β-unsaturated/α-hetero) is 1. The van der Waals surface area contributed by atoms with Crippen LogP contribution < -0.4 is 0 Å². The van der Waals surface area contributed by atoms with Gasteiger partial charge >= 0.3 is 0 Å². The first kappa shape index (κ1) is 22.3. The molecule has 4 rings (SSSR count). The standard InChI is InChI=1S/C27H27F2NO2/c28-24-12-8-22(9-13-24)21-6-4-20(5-7-21)19-32-18-17-30-16-2-1-3-26(30)27(31)23-10-14-25(29)15-11-23/h4-15,26H,1-3,16-19H2. The zero-order chi connectivity index (χ0) is 22.3. The van der Waals surface area contributed by atoms with Crippen LogP contribution >= 0.6 is 0 Å². The molecule has 0 radical (unpaired) electrons. The van der Waals surface area contributed by atoms with Gasteiger partial charge in [-0.05, 0) is 72.5 Å². The number of rotatable bonds is 8. The fourth-order valence-electron chi connectivity index (χ4n) is 4.17. The van der Waals surface area contributed by atoms with Crippen LogP contribution in [0.2, 0.25) is 0 Å². The van der Waals surface area contributed by atoms with Crippen LogP contribution in [0.15, 0.2) is 72.8 Å². The molecule has 166 valence electrons. The highest BCUT2D eigenvalue weighted by molar-refractivity contribution is 6.00. The monoisotopic (exact) mass is 435 g/mol. The van der Waals surface area contributed by atoms with Gasteiger partial charge in [-0.15, -0.1) is 0 Å². The van der Waals surface area contributed by atoms with Gasteiger partial charge in [-0.3, -0.25) is 9.69 Å². The van der Waals surface area contributed by atoms with Crippen LogP contribution in [0.1, 0.15) is 35.2 Å². The summed E-state index contributed by atoms with van der Waals surface area (Å²) in [6, 6.07) is 20.1. The molecule has 1 fully saturated rings. The Morgan fingerprint density at radius 1 is 0.844 bits per heavy atom. The van der Waals surface area contributed by atoms with Crippen LogP contribution in [0, 0.1) is 11.6 Å². The lowest BCUT2D eigenvalue weighted by Gasteiger charge is -2.34. The van der Waals surface area contributed by atoms with E-state index in [9.17, 15) is 13.6 Å². The molecule has 0 spiro atoms. The summed E-state index contributed by atoms with van der Waals surface area (Å²) in [7, 11) is 0. The van der Waals surface area contributed by atoms with Crippen LogP contribution in [0.3, 0.4) is 0 Å². The predicted octanol–water partition coefficient (Wildman–Crippen LogP) is 5.89. The lowest BCUT2D eigenvalue weighted by molar-refractivity contribution is 0.0537. The zero-order valence-electron chi connectivity index (χ0n) is 18.0. The number of ketones is 1. The first-order chi connectivity index (χ1) is 15.6. The second-order valence-corrected chi connectivity index (χ2v) is 8.18. The van der Waals surface area contributed by atoms with Crippen molar-refractivity contribution < 1.29 is 18.3 Å². The van der Waals surface area contributed by atoms with Crippen molar-refractivity contribution in [2.45, 2.75) is 31.9 Å². The Morgan fingerprint density at radius 2 is 1.44 bits per heavy atom. The van der Waals surface area contributed by atoms with E-state index in [0.717, 1.165) is 42.5 Å². The van der Waals surface area contributed by atoms with Gasteiger partial charge in [0.05, 0.1) is 19.3 Å². The van der Waals surface area contributed by atoms with E-state index >= 15 is 0 Å². The summed E-state index contributed by atoms with van der Waals surface area (Å²) >= 11 is 0. The first-order valence-corrected chi connectivity index (χ1v) is 11.1. The number of carbonyl (C=O) groups excluding carboxylic acids is 1. The van der Waals surface area contributed by atoms with Crippen molar-refractivity contribution in [2.24, 2.45) is 0 Å². The Kier molecular flexibility index (Phi) is 7.40. The number of hydrogen-bond acceptors (Lipinski definition) is 3. The molecule has 1 atom stereocenters. The molecule has 1 saturated heterocycles. The summed E-state index contributed by atoms with van der Waals surface area (Å²) < 4.78 is 32.2. The summed E-state index contributed by atoms with van der Waals surface area (Å²) in [6.45, 7) is 2.58. The minimum Gasteiger partial charge on any atom is -0.375 e. The number of nitrogens with zero attached hydrogens (tertiary/aromatic N) is 1. The van der Waals surface area contributed by atoms with E-state index in [4.69, 9.17) is 4.74 Å². The average molecular weight is 436 g/mol. The van der Waals surface area contributed by atoms with Gasteiger partial charge in [0.1, 0.15) is 11.6 Å². The Balaban J connectivity index is 1.28. The second-order valence-electron chi connectivity index (χ2n) is 8.18. The lowest BCUT2D eigenvalue weighted by atomic mass is 9.94. The van der Waals surface area contributed by atoms with Crippen LogP contribution in [0.25, 0.3) is 11.1 Å². The normalized spacial score (nSPS) is 16.8. The molecule has 32 heavy (non-hydrogen) atoms. The third-order valence-corrected chi connectivity index (χ3v) is 5.97. The van der Waals surface area contributed by atoms with Crippen molar-refractivity contribution in [1.82, 2.24) is 4.90 Å². The molecule has 0 bridgehead atoms. The van der Waals surface area contributed by atoms with Crippen molar-refractivity contribution in [3.63, 3.8) is 0 Å². The van der Waals surface area contributed by atoms with Crippen molar-refractivity contribution >= 4 is 5.78 Å². The second kappa shape index (κ2) is 10.6. The van der Waals surface area contributed by atoms with Gasteiger partial charge in [0, 0.05) is 12.1 Å². The van der Waals surface area contributed by atoms with E-state index in [1.807, 2.05) is 24.3 Å². The maximum atomic E-state index is 13.2. The number of likely N-dealkylation sites (tertiary alicyclic amines) is 1. The summed E-state index contributed by atoms with van der Waals surface area (Å²) in [5.74, 6) is -0.517. The highest BCUT2D eigenvalue weighted by atomic mass is 19.1. The molecule has 3 nitrogen and oxygen atoms in total. The Bertz CT molecular complexity index is 1020. The minimum atomic E-state index is -0.332. The minimum absolute atomic E-state index is 0.0566. The Hall–Kier alpha value is -2.89. The predicted molar refractivity (Wildman–Crippen MR) is 121 cm³/mol. The van der Waals surface area contributed by atoms with Crippen LogP contribution in [-0.4, -0.2) is 36.4 Å². The molecule has 0 N–H and O–H groups in total. The van der Waals surface area contributed by atoms with Crippen molar-refractivity contribution in [1.29, 1.82) is 0 Å². The maximum absolute atomic E-state index is 13.2. The maximum Gasteiger partial charge on any atom is 0.179 e. The smallest absolute Gasteiger partial charge is 0.179 e. The van der Waals surface area contributed by atoms with Gasteiger partial charge in [-0.25, -0.2) is 8.78 Å². The molecular weight excluding hydrogens is 408 g/mol. The van der Waals surface area contributed by atoms with Gasteiger partial charge < -0.3 is 4.74 Å². The number of piperidine rings is 1. The van der Waals surface area contributed by atoms with Gasteiger partial charge in [-0.2, -0.15) is 0 Å². The lowest BCUT2D eigenvalue weighted by Crippen LogP contribution is -2.46. The fourth-order valence-corrected chi connectivity index (χ4v) is 4.17. The molecule has 3 aromatic carbocycles. The Morgan fingerprint density at radius 3 is 2.09 bits per heavy atom. The van der Waals surface area contributed by atoms with E-state index in [1.165, 1.54) is 24.3 Å². The number of carbonyl (C=O) groups is 1. The highest BCUT2D eigenvalue weighted by Gasteiger charge is 2.29. The number of ether oxygens (including phenoxy) is 1. The third-order valence-electron chi connectivity index (χ3n) is 5.97. The fraction of sp³-hybridized carbons (Fsp3) is 0.296. The molecule has 1 aliphatic rings. The number of hydrogen-bond donors (Lipinski definition) is 0. The van der Waals surface area contributed by atoms with Crippen LogP contribution in [0.4, 0.5) is 8.78 Å². The molecule has 3 aromatic rings. The molecule has 0 amide bonds. The molecule has 1 unspecified atom stereocenters. The summed E-state index contributed by atoms with van der Waals surface area (Å²) in [5, 5.41) is 0. The third kappa shape index (κ3) is 5.67. The SMILES string of the molecule is O=C(c1ccc(F)cc1)C1CCCCN1CCOCc1ccc(-c2ccc(F)cc2)cc1. The van der Waals surface area contributed by atoms with Gasteiger partial charge in [0.15, 0.2) is 5.78 Å². The van der Waals surface area contributed by atoms with E-state index in [2.05, 4.69) is 4.90 Å². The zero-order valence-corrected chi connectivity index (χ0v) is 18.0. The highest BCUT2D eigenvalue weighted by Crippen LogP contribution is 2.22. The molecular formula is C27H27F2NO2. The summed E-state index contributed by atoms with van der Waals surface area (Å²) in [5.41, 5.74) is 3.63. The number of benzene rings is 3. The van der Waals surface area contributed by atoms with E-state index in [1.54, 1.807) is 24.3 Å².